The first-order valence-corrected chi connectivity index (χ1v) is 7.55. The maximum Gasteiger partial charge on any atom is 0.119 e. The molecule has 0 radical (unpaired) electrons. The van der Waals surface area contributed by atoms with E-state index in [-0.39, 0.29) is 0 Å². The van der Waals surface area contributed by atoms with Crippen LogP contribution in [0.2, 0.25) is 0 Å². The Labute approximate surface area is 118 Å². The van der Waals surface area contributed by atoms with Crippen LogP contribution in [0.3, 0.4) is 0 Å². The molecule has 1 aromatic carbocycles. The molecule has 2 aromatic rings. The van der Waals surface area contributed by atoms with Gasteiger partial charge in [-0.1, -0.05) is 25.1 Å². The average molecular weight is 276 g/mol. The average Bonchev–Trinajstić information content (AvgIpc) is 2.93. The van der Waals surface area contributed by atoms with Crippen molar-refractivity contribution in [3.63, 3.8) is 0 Å². The van der Waals surface area contributed by atoms with Gasteiger partial charge in [0.15, 0.2) is 0 Å². The number of nitrogens with one attached hydrogen (secondary N) is 1. The van der Waals surface area contributed by atoms with Gasteiger partial charge in [0.25, 0.3) is 0 Å². The van der Waals surface area contributed by atoms with Crippen LogP contribution in [0.4, 0.5) is 0 Å². The van der Waals surface area contributed by atoms with Crippen molar-refractivity contribution in [1.29, 1.82) is 0 Å². The first-order chi connectivity index (χ1) is 9.38. The van der Waals surface area contributed by atoms with Gasteiger partial charge in [0.1, 0.15) is 5.75 Å². The van der Waals surface area contributed by atoms with Crippen LogP contribution in [-0.4, -0.2) is 24.2 Å². The van der Waals surface area contributed by atoms with Gasteiger partial charge in [-0.25, -0.2) is 0 Å². The SMILES string of the molecule is CCNC(CCOc1ccccc1)Cc1cncs1. The molecule has 1 N–H and O–H groups in total. The summed E-state index contributed by atoms with van der Waals surface area (Å²) in [6, 6.07) is 10.4. The molecule has 0 saturated heterocycles. The van der Waals surface area contributed by atoms with Crippen molar-refractivity contribution in [1.82, 2.24) is 10.3 Å². The highest BCUT2D eigenvalue weighted by molar-refractivity contribution is 7.09. The van der Waals surface area contributed by atoms with Crippen LogP contribution in [0.5, 0.6) is 5.75 Å². The Morgan fingerprint density at radius 1 is 1.32 bits per heavy atom. The molecular formula is C15H20N2OS. The van der Waals surface area contributed by atoms with Crippen molar-refractivity contribution < 1.29 is 4.74 Å². The minimum absolute atomic E-state index is 0.453. The molecule has 102 valence electrons. The van der Waals surface area contributed by atoms with E-state index in [2.05, 4.69) is 17.2 Å². The number of thiazole rings is 1. The van der Waals surface area contributed by atoms with E-state index in [0.717, 1.165) is 31.7 Å². The normalized spacial score (nSPS) is 12.3. The van der Waals surface area contributed by atoms with Gasteiger partial charge in [-0.05, 0) is 31.5 Å². The Hall–Kier alpha value is -1.39. The van der Waals surface area contributed by atoms with Crippen LogP contribution in [0, 0.1) is 0 Å². The molecule has 0 aliphatic rings. The fourth-order valence-electron chi connectivity index (χ4n) is 1.99. The molecule has 1 unspecified atom stereocenters. The number of ether oxygens (including phenoxy) is 1. The number of benzene rings is 1. The number of likely N-dealkylation sites (N-methyl/N-ethyl adjacent to an activating group) is 1. The van der Waals surface area contributed by atoms with Crippen molar-refractivity contribution in [3.8, 4) is 5.75 Å². The molecule has 0 spiro atoms. The van der Waals surface area contributed by atoms with Gasteiger partial charge >= 0.3 is 0 Å². The summed E-state index contributed by atoms with van der Waals surface area (Å²) in [5.74, 6) is 0.940. The number of rotatable bonds is 8. The molecule has 0 aliphatic carbocycles. The van der Waals surface area contributed by atoms with Crippen LogP contribution >= 0.6 is 11.3 Å². The van der Waals surface area contributed by atoms with Gasteiger partial charge in [-0.15, -0.1) is 11.3 Å². The molecular weight excluding hydrogens is 256 g/mol. The van der Waals surface area contributed by atoms with Gasteiger partial charge in [0.2, 0.25) is 0 Å². The van der Waals surface area contributed by atoms with Gasteiger partial charge in [-0.3, -0.25) is 4.98 Å². The zero-order chi connectivity index (χ0) is 13.3. The Morgan fingerprint density at radius 2 is 2.16 bits per heavy atom. The lowest BCUT2D eigenvalue weighted by molar-refractivity contribution is 0.286. The maximum absolute atomic E-state index is 5.75. The summed E-state index contributed by atoms with van der Waals surface area (Å²) in [4.78, 5) is 5.45. The highest BCUT2D eigenvalue weighted by Gasteiger charge is 2.09. The summed E-state index contributed by atoms with van der Waals surface area (Å²) in [7, 11) is 0. The summed E-state index contributed by atoms with van der Waals surface area (Å²) in [5, 5.41) is 3.51. The fourth-order valence-corrected chi connectivity index (χ4v) is 2.66. The lowest BCUT2D eigenvalue weighted by Crippen LogP contribution is -2.32. The monoisotopic (exact) mass is 276 g/mol. The van der Waals surface area contributed by atoms with Crippen LogP contribution in [-0.2, 0) is 6.42 Å². The predicted molar refractivity (Wildman–Crippen MR) is 79.8 cm³/mol. The van der Waals surface area contributed by atoms with Crippen molar-refractivity contribution >= 4 is 11.3 Å². The number of aromatic nitrogens is 1. The quantitative estimate of drug-likeness (QED) is 0.804. The molecule has 1 heterocycles. The zero-order valence-electron chi connectivity index (χ0n) is 11.2. The third-order valence-electron chi connectivity index (χ3n) is 2.90. The van der Waals surface area contributed by atoms with E-state index in [1.165, 1.54) is 4.88 Å². The first kappa shape index (κ1) is 14.0. The van der Waals surface area contributed by atoms with E-state index >= 15 is 0 Å². The van der Waals surface area contributed by atoms with E-state index in [1.807, 2.05) is 42.0 Å². The van der Waals surface area contributed by atoms with E-state index in [1.54, 1.807) is 11.3 Å². The van der Waals surface area contributed by atoms with Crippen LogP contribution in [0.25, 0.3) is 0 Å². The highest BCUT2D eigenvalue weighted by Crippen LogP contribution is 2.12. The van der Waals surface area contributed by atoms with Crippen LogP contribution in [0.15, 0.2) is 42.0 Å². The summed E-state index contributed by atoms with van der Waals surface area (Å²) in [5.41, 5.74) is 1.89. The van der Waals surface area contributed by atoms with E-state index in [0.29, 0.717) is 6.04 Å². The summed E-state index contributed by atoms with van der Waals surface area (Å²) < 4.78 is 5.75. The Morgan fingerprint density at radius 3 is 2.84 bits per heavy atom. The molecule has 1 aromatic heterocycles. The minimum atomic E-state index is 0.453. The molecule has 0 saturated carbocycles. The Balaban J connectivity index is 1.77. The van der Waals surface area contributed by atoms with Gasteiger partial charge in [0.05, 0.1) is 12.1 Å². The topological polar surface area (TPSA) is 34.1 Å². The molecule has 3 nitrogen and oxygen atoms in total. The molecule has 0 bridgehead atoms. The highest BCUT2D eigenvalue weighted by atomic mass is 32.1. The Bertz CT molecular complexity index is 444. The second-order valence-corrected chi connectivity index (χ2v) is 5.35. The van der Waals surface area contributed by atoms with Gasteiger partial charge in [-0.2, -0.15) is 0 Å². The van der Waals surface area contributed by atoms with E-state index < -0.39 is 0 Å². The number of hydrogen-bond donors (Lipinski definition) is 1. The van der Waals surface area contributed by atoms with Crippen molar-refractivity contribution in [2.45, 2.75) is 25.8 Å². The minimum Gasteiger partial charge on any atom is -0.494 e. The van der Waals surface area contributed by atoms with Crippen LogP contribution in [0.1, 0.15) is 18.2 Å². The number of hydrogen-bond acceptors (Lipinski definition) is 4. The molecule has 19 heavy (non-hydrogen) atoms. The third kappa shape index (κ3) is 5.01. The standard InChI is InChI=1S/C15H20N2OS/c1-2-17-13(10-15-11-16-12-19-15)8-9-18-14-6-4-3-5-7-14/h3-7,11-13,17H,2,8-10H2,1H3. The second-order valence-electron chi connectivity index (χ2n) is 4.38. The van der Waals surface area contributed by atoms with E-state index in [9.17, 15) is 0 Å². The summed E-state index contributed by atoms with van der Waals surface area (Å²) in [6.45, 7) is 3.85. The number of nitrogens with zero attached hydrogens (tertiary/aromatic N) is 1. The Kier molecular flexibility index (Phi) is 5.85. The van der Waals surface area contributed by atoms with Gasteiger partial charge < -0.3 is 10.1 Å². The molecule has 1 atom stereocenters. The molecule has 2 rings (SSSR count). The number of para-hydroxylation sites is 1. The summed E-state index contributed by atoms with van der Waals surface area (Å²) >= 11 is 1.72. The largest absolute Gasteiger partial charge is 0.494 e. The molecule has 0 aliphatic heterocycles. The second kappa shape index (κ2) is 7.92. The fraction of sp³-hybridized carbons (Fsp3) is 0.400. The lowest BCUT2D eigenvalue weighted by Gasteiger charge is -2.17. The van der Waals surface area contributed by atoms with Crippen molar-refractivity contribution in [2.24, 2.45) is 0 Å². The third-order valence-corrected chi connectivity index (χ3v) is 3.70. The van der Waals surface area contributed by atoms with Crippen LogP contribution < -0.4 is 10.1 Å². The van der Waals surface area contributed by atoms with Gasteiger partial charge in [0, 0.05) is 17.1 Å². The van der Waals surface area contributed by atoms with Crippen molar-refractivity contribution in [2.75, 3.05) is 13.2 Å². The first-order valence-electron chi connectivity index (χ1n) is 6.67. The predicted octanol–water partition coefficient (Wildman–Crippen LogP) is 3.13. The molecule has 4 heteroatoms. The maximum atomic E-state index is 5.75. The van der Waals surface area contributed by atoms with Crippen molar-refractivity contribution in [3.05, 3.63) is 46.9 Å². The van der Waals surface area contributed by atoms with E-state index in [4.69, 9.17) is 4.74 Å². The summed E-state index contributed by atoms with van der Waals surface area (Å²) in [6.07, 6.45) is 3.98. The zero-order valence-corrected chi connectivity index (χ0v) is 12.0. The lowest BCUT2D eigenvalue weighted by atomic mass is 10.1. The smallest absolute Gasteiger partial charge is 0.119 e. The molecule has 0 amide bonds. The molecule has 0 fully saturated rings.